The zero-order valence-corrected chi connectivity index (χ0v) is 12.9. The molecule has 0 unspecified atom stereocenters. The summed E-state index contributed by atoms with van der Waals surface area (Å²) in [6, 6.07) is 8.46. The zero-order chi connectivity index (χ0) is 15.1. The topological polar surface area (TPSA) is 54.3 Å². The van der Waals surface area contributed by atoms with Crippen LogP contribution in [0, 0.1) is 11.3 Å². The maximum absolute atomic E-state index is 9.44. The Kier molecular flexibility index (Phi) is 5.46. The molecule has 0 heterocycles. The van der Waals surface area contributed by atoms with E-state index < -0.39 is 0 Å². The van der Waals surface area contributed by atoms with Crippen LogP contribution in [0.3, 0.4) is 0 Å². The first-order valence-corrected chi connectivity index (χ1v) is 7.60. The van der Waals surface area contributed by atoms with Gasteiger partial charge in [-0.25, -0.2) is 0 Å². The number of nitriles is 1. The first kappa shape index (κ1) is 15.7. The molecule has 1 aromatic rings. The molecule has 1 aliphatic rings. The molecule has 4 heteroatoms. The summed E-state index contributed by atoms with van der Waals surface area (Å²) in [7, 11) is 3.28. The second-order valence-electron chi connectivity index (χ2n) is 5.62. The van der Waals surface area contributed by atoms with Gasteiger partial charge in [-0.1, -0.05) is 25.3 Å². The fourth-order valence-corrected chi connectivity index (χ4v) is 2.97. The summed E-state index contributed by atoms with van der Waals surface area (Å²) >= 11 is 0. The monoisotopic (exact) mass is 288 g/mol. The molecule has 0 bridgehead atoms. The van der Waals surface area contributed by atoms with Crippen molar-refractivity contribution in [1.82, 2.24) is 5.32 Å². The van der Waals surface area contributed by atoms with Crippen molar-refractivity contribution < 1.29 is 9.47 Å². The lowest BCUT2D eigenvalue weighted by Gasteiger charge is -2.31. The van der Waals surface area contributed by atoms with Crippen molar-refractivity contribution in [2.75, 3.05) is 20.8 Å². The number of nitrogens with zero attached hydrogens (tertiary/aromatic N) is 1. The van der Waals surface area contributed by atoms with Crippen LogP contribution in [0.5, 0.6) is 11.5 Å². The van der Waals surface area contributed by atoms with Gasteiger partial charge in [-0.05, 0) is 37.0 Å². The Bertz CT molecular complexity index is 502. The molecule has 0 saturated heterocycles. The van der Waals surface area contributed by atoms with E-state index in [9.17, 15) is 5.26 Å². The largest absolute Gasteiger partial charge is 0.493 e. The zero-order valence-electron chi connectivity index (χ0n) is 12.9. The van der Waals surface area contributed by atoms with Crippen LogP contribution in [0.1, 0.15) is 37.7 Å². The Labute approximate surface area is 127 Å². The van der Waals surface area contributed by atoms with Crippen molar-refractivity contribution in [2.45, 2.75) is 44.1 Å². The Morgan fingerprint density at radius 3 is 2.48 bits per heavy atom. The van der Waals surface area contributed by atoms with Gasteiger partial charge in [-0.2, -0.15) is 5.26 Å². The van der Waals surface area contributed by atoms with Crippen LogP contribution < -0.4 is 14.8 Å². The molecule has 1 saturated carbocycles. The summed E-state index contributed by atoms with van der Waals surface area (Å²) in [5.41, 5.74) is 0.874. The highest BCUT2D eigenvalue weighted by molar-refractivity contribution is 5.42. The van der Waals surface area contributed by atoms with E-state index in [1.54, 1.807) is 14.2 Å². The number of benzene rings is 1. The van der Waals surface area contributed by atoms with E-state index in [0.717, 1.165) is 50.1 Å². The summed E-state index contributed by atoms with van der Waals surface area (Å²) in [5.74, 6) is 1.50. The predicted molar refractivity (Wildman–Crippen MR) is 82.7 cm³/mol. The minimum absolute atomic E-state index is 0.311. The number of rotatable bonds is 6. The highest BCUT2D eigenvalue weighted by Gasteiger charge is 2.30. The van der Waals surface area contributed by atoms with Crippen molar-refractivity contribution >= 4 is 0 Å². The molecule has 1 fully saturated rings. The predicted octanol–water partition coefficient (Wildman–Crippen LogP) is 3.06. The maximum Gasteiger partial charge on any atom is 0.160 e. The van der Waals surface area contributed by atoms with Gasteiger partial charge in [0.1, 0.15) is 5.54 Å². The van der Waals surface area contributed by atoms with E-state index in [4.69, 9.17) is 9.47 Å². The summed E-state index contributed by atoms with van der Waals surface area (Å²) in [6.45, 7) is 0.809. The van der Waals surface area contributed by atoms with Crippen LogP contribution in [0.4, 0.5) is 0 Å². The first-order chi connectivity index (χ1) is 10.2. The second-order valence-corrected chi connectivity index (χ2v) is 5.62. The smallest absolute Gasteiger partial charge is 0.160 e. The number of hydrogen-bond donors (Lipinski definition) is 1. The van der Waals surface area contributed by atoms with Gasteiger partial charge in [-0.3, -0.25) is 5.32 Å². The molecule has 0 aromatic heterocycles. The normalized spacial score (nSPS) is 17.0. The van der Waals surface area contributed by atoms with E-state index in [0.29, 0.717) is 0 Å². The quantitative estimate of drug-likeness (QED) is 0.874. The van der Waals surface area contributed by atoms with E-state index in [-0.39, 0.29) is 5.54 Å². The van der Waals surface area contributed by atoms with E-state index in [2.05, 4.69) is 11.4 Å². The van der Waals surface area contributed by atoms with Crippen LogP contribution in [-0.2, 0) is 6.42 Å². The Morgan fingerprint density at radius 1 is 1.14 bits per heavy atom. The summed E-state index contributed by atoms with van der Waals surface area (Å²) < 4.78 is 10.6. The molecule has 1 aromatic carbocycles. The van der Waals surface area contributed by atoms with E-state index in [1.807, 2.05) is 18.2 Å². The van der Waals surface area contributed by atoms with Crippen molar-refractivity contribution in [3.05, 3.63) is 23.8 Å². The fraction of sp³-hybridized carbons (Fsp3) is 0.588. The highest BCUT2D eigenvalue weighted by atomic mass is 16.5. The lowest BCUT2D eigenvalue weighted by atomic mass is 9.83. The van der Waals surface area contributed by atoms with Gasteiger partial charge in [0.2, 0.25) is 0 Å². The third kappa shape index (κ3) is 3.89. The van der Waals surface area contributed by atoms with Crippen LogP contribution in [0.25, 0.3) is 0 Å². The van der Waals surface area contributed by atoms with Crippen LogP contribution in [-0.4, -0.2) is 26.3 Å². The van der Waals surface area contributed by atoms with Crippen molar-refractivity contribution in [1.29, 1.82) is 5.26 Å². The number of hydrogen-bond acceptors (Lipinski definition) is 4. The number of ether oxygens (including phenoxy) is 2. The molecule has 0 spiro atoms. The Hall–Kier alpha value is -1.73. The van der Waals surface area contributed by atoms with Gasteiger partial charge in [0.05, 0.1) is 20.3 Å². The molecule has 0 aliphatic heterocycles. The minimum Gasteiger partial charge on any atom is -0.493 e. The SMILES string of the molecule is COc1ccc(CCNC2(C#N)CCCCC2)cc1OC. The maximum atomic E-state index is 9.44. The molecular weight excluding hydrogens is 264 g/mol. The lowest BCUT2D eigenvalue weighted by Crippen LogP contribution is -2.46. The van der Waals surface area contributed by atoms with Gasteiger partial charge in [-0.15, -0.1) is 0 Å². The molecule has 21 heavy (non-hydrogen) atoms. The third-order valence-corrected chi connectivity index (χ3v) is 4.25. The van der Waals surface area contributed by atoms with Crippen LogP contribution >= 0.6 is 0 Å². The highest BCUT2D eigenvalue weighted by Crippen LogP contribution is 2.29. The van der Waals surface area contributed by atoms with Gasteiger partial charge < -0.3 is 9.47 Å². The Morgan fingerprint density at radius 2 is 1.86 bits per heavy atom. The average Bonchev–Trinajstić information content (AvgIpc) is 2.55. The Balaban J connectivity index is 1.92. The first-order valence-electron chi connectivity index (χ1n) is 7.60. The molecule has 0 radical (unpaired) electrons. The molecule has 1 N–H and O–H groups in total. The molecule has 0 atom stereocenters. The molecule has 1 aliphatic carbocycles. The van der Waals surface area contributed by atoms with E-state index >= 15 is 0 Å². The average molecular weight is 288 g/mol. The third-order valence-electron chi connectivity index (χ3n) is 4.25. The summed E-state index contributed by atoms with van der Waals surface area (Å²) in [4.78, 5) is 0. The van der Waals surface area contributed by atoms with Crippen molar-refractivity contribution in [3.8, 4) is 17.6 Å². The molecule has 2 rings (SSSR count). The van der Waals surface area contributed by atoms with Gasteiger partial charge in [0.15, 0.2) is 11.5 Å². The van der Waals surface area contributed by atoms with Gasteiger partial charge in [0.25, 0.3) is 0 Å². The van der Waals surface area contributed by atoms with E-state index in [1.165, 1.54) is 12.0 Å². The molecule has 4 nitrogen and oxygen atoms in total. The standard InChI is InChI=1S/C17H24N2O2/c1-20-15-7-6-14(12-16(15)21-2)8-11-19-17(13-18)9-4-3-5-10-17/h6-7,12,19H,3-5,8-11H2,1-2H3. The summed E-state index contributed by atoms with van der Waals surface area (Å²) in [5, 5.41) is 12.9. The van der Waals surface area contributed by atoms with Gasteiger partial charge in [0, 0.05) is 6.54 Å². The molecule has 0 amide bonds. The van der Waals surface area contributed by atoms with Crippen LogP contribution in [0.15, 0.2) is 18.2 Å². The second kappa shape index (κ2) is 7.33. The van der Waals surface area contributed by atoms with Crippen molar-refractivity contribution in [3.63, 3.8) is 0 Å². The van der Waals surface area contributed by atoms with Crippen molar-refractivity contribution in [2.24, 2.45) is 0 Å². The lowest BCUT2D eigenvalue weighted by molar-refractivity contribution is 0.299. The molecule has 114 valence electrons. The minimum atomic E-state index is -0.311. The number of nitrogens with one attached hydrogen (secondary N) is 1. The molecular formula is C17H24N2O2. The van der Waals surface area contributed by atoms with Gasteiger partial charge >= 0.3 is 0 Å². The van der Waals surface area contributed by atoms with Crippen LogP contribution in [0.2, 0.25) is 0 Å². The fourth-order valence-electron chi connectivity index (χ4n) is 2.97. The summed E-state index contributed by atoms with van der Waals surface area (Å²) in [6.07, 6.45) is 6.36. The number of methoxy groups -OCH3 is 2.